The first-order valence-electron chi connectivity index (χ1n) is 10.1. The minimum atomic E-state index is -0.802. The van der Waals surface area contributed by atoms with Crippen molar-refractivity contribution in [2.45, 2.75) is 13.8 Å². The number of nitrogens with zero attached hydrogens (tertiary/aromatic N) is 3. The Morgan fingerprint density at radius 3 is 2.27 bits per heavy atom. The summed E-state index contributed by atoms with van der Waals surface area (Å²) < 4.78 is 6.76. The number of aromatic nitrogens is 3. The minimum absolute atomic E-state index is 0.158. The summed E-state index contributed by atoms with van der Waals surface area (Å²) >= 11 is 12.1. The fraction of sp³-hybridized carbons (Fsp3) is 0.120. The van der Waals surface area contributed by atoms with Gasteiger partial charge in [-0.1, -0.05) is 59.1 Å². The third-order valence-electron chi connectivity index (χ3n) is 5.00. The number of carbonyl (C=O) groups excluding carboxylic acids is 2. The van der Waals surface area contributed by atoms with Crippen LogP contribution in [0, 0.1) is 13.8 Å². The van der Waals surface area contributed by atoms with Crippen LogP contribution in [0.4, 0.5) is 0 Å². The molecule has 3 aromatic carbocycles. The minimum Gasteiger partial charge on any atom is -0.451 e. The smallest absolute Gasteiger partial charge is 0.378 e. The number of hydrogen-bond donors (Lipinski definition) is 0. The van der Waals surface area contributed by atoms with Gasteiger partial charge in [0.2, 0.25) is 0 Å². The Morgan fingerprint density at radius 1 is 0.909 bits per heavy atom. The molecule has 0 unspecified atom stereocenters. The molecule has 0 bridgehead atoms. The maximum atomic E-state index is 12.7. The van der Waals surface area contributed by atoms with Crippen molar-refractivity contribution in [3.05, 3.63) is 99.3 Å². The molecule has 1 heterocycles. The molecule has 0 atom stereocenters. The third kappa shape index (κ3) is 5.13. The summed E-state index contributed by atoms with van der Waals surface area (Å²) in [6, 6.07) is 19.4. The lowest BCUT2D eigenvalue weighted by Crippen LogP contribution is -2.15. The van der Waals surface area contributed by atoms with Crippen LogP contribution >= 0.6 is 23.2 Å². The van der Waals surface area contributed by atoms with E-state index in [2.05, 4.69) is 10.1 Å². The zero-order chi connectivity index (χ0) is 23.5. The molecule has 0 saturated heterocycles. The summed E-state index contributed by atoms with van der Waals surface area (Å²) in [5.74, 6) is -0.863. The Morgan fingerprint density at radius 2 is 1.58 bits per heavy atom. The summed E-state index contributed by atoms with van der Waals surface area (Å²) in [5.41, 5.74) is 3.82. The molecule has 0 aliphatic carbocycles. The lowest BCUT2D eigenvalue weighted by Gasteiger charge is -2.09. The van der Waals surface area contributed by atoms with Gasteiger partial charge in [0, 0.05) is 21.2 Å². The Labute approximate surface area is 200 Å². The summed E-state index contributed by atoms with van der Waals surface area (Å²) in [7, 11) is 0. The van der Waals surface area contributed by atoms with Crippen LogP contribution in [-0.4, -0.2) is 33.1 Å². The third-order valence-corrected chi connectivity index (χ3v) is 5.49. The highest BCUT2D eigenvalue weighted by atomic mass is 35.5. The van der Waals surface area contributed by atoms with E-state index in [4.69, 9.17) is 27.9 Å². The van der Waals surface area contributed by atoms with E-state index < -0.39 is 12.6 Å². The summed E-state index contributed by atoms with van der Waals surface area (Å²) in [4.78, 5) is 29.5. The Bertz CT molecular complexity index is 1330. The second kappa shape index (κ2) is 9.57. The van der Waals surface area contributed by atoms with Crippen LogP contribution in [0.5, 0.6) is 0 Å². The van der Waals surface area contributed by atoms with Gasteiger partial charge < -0.3 is 4.74 Å². The van der Waals surface area contributed by atoms with Crippen LogP contribution in [0.15, 0.2) is 66.7 Å². The standard InChI is InChI=1S/C25H19Cl2N3O3/c1-15-3-6-18(7-4-15)24-28-23(29-30(24)21-13-20(27)10-5-16(21)2)25(32)33-14-22(31)17-8-11-19(26)12-9-17/h3-13H,14H2,1-2H3. The van der Waals surface area contributed by atoms with Crippen molar-refractivity contribution in [3.63, 3.8) is 0 Å². The number of rotatable bonds is 6. The van der Waals surface area contributed by atoms with E-state index in [1.165, 1.54) is 0 Å². The predicted octanol–water partition coefficient (Wildman–Crippen LogP) is 5.90. The van der Waals surface area contributed by atoms with Crippen LogP contribution in [0.1, 0.15) is 32.1 Å². The largest absolute Gasteiger partial charge is 0.451 e. The molecule has 0 fully saturated rings. The lowest BCUT2D eigenvalue weighted by atomic mass is 10.1. The first kappa shape index (κ1) is 22.7. The molecule has 0 amide bonds. The van der Waals surface area contributed by atoms with Crippen LogP contribution in [0.2, 0.25) is 10.0 Å². The lowest BCUT2D eigenvalue weighted by molar-refractivity contribution is 0.0462. The molecule has 4 aromatic rings. The van der Waals surface area contributed by atoms with Gasteiger partial charge in [-0.3, -0.25) is 4.79 Å². The topological polar surface area (TPSA) is 74.1 Å². The Kier molecular flexibility index (Phi) is 6.58. The zero-order valence-corrected chi connectivity index (χ0v) is 19.4. The number of halogens is 2. The number of hydrogen-bond acceptors (Lipinski definition) is 5. The summed E-state index contributed by atoms with van der Waals surface area (Å²) in [6.07, 6.45) is 0. The van der Waals surface area contributed by atoms with Gasteiger partial charge in [-0.25, -0.2) is 14.5 Å². The number of aryl methyl sites for hydroxylation is 2. The van der Waals surface area contributed by atoms with Gasteiger partial charge in [0.1, 0.15) is 0 Å². The molecule has 0 saturated carbocycles. The van der Waals surface area contributed by atoms with Crippen molar-refractivity contribution < 1.29 is 14.3 Å². The van der Waals surface area contributed by atoms with E-state index in [0.29, 0.717) is 27.1 Å². The van der Waals surface area contributed by atoms with Crippen molar-refractivity contribution in [2.24, 2.45) is 0 Å². The quantitative estimate of drug-likeness (QED) is 0.254. The number of ether oxygens (including phenoxy) is 1. The fourth-order valence-electron chi connectivity index (χ4n) is 3.18. The molecule has 1 aromatic heterocycles. The number of carbonyl (C=O) groups is 2. The molecular formula is C25H19Cl2N3O3. The fourth-order valence-corrected chi connectivity index (χ4v) is 3.47. The molecular weight excluding hydrogens is 461 g/mol. The van der Waals surface area contributed by atoms with Gasteiger partial charge in [-0.05, 0) is 55.8 Å². The van der Waals surface area contributed by atoms with Gasteiger partial charge in [-0.2, -0.15) is 0 Å². The molecule has 4 rings (SSSR count). The van der Waals surface area contributed by atoms with Crippen LogP contribution in [-0.2, 0) is 4.74 Å². The van der Waals surface area contributed by atoms with Gasteiger partial charge in [-0.15, -0.1) is 5.10 Å². The van der Waals surface area contributed by atoms with E-state index in [1.807, 2.05) is 44.2 Å². The molecule has 166 valence electrons. The maximum Gasteiger partial charge on any atom is 0.378 e. The zero-order valence-electron chi connectivity index (χ0n) is 17.9. The first-order chi connectivity index (χ1) is 15.8. The average molecular weight is 480 g/mol. The van der Waals surface area contributed by atoms with E-state index in [9.17, 15) is 9.59 Å². The molecule has 8 heteroatoms. The molecule has 6 nitrogen and oxygen atoms in total. The van der Waals surface area contributed by atoms with E-state index in [0.717, 1.165) is 16.7 Å². The average Bonchev–Trinajstić information content (AvgIpc) is 3.25. The van der Waals surface area contributed by atoms with E-state index in [-0.39, 0.29) is 11.6 Å². The van der Waals surface area contributed by atoms with Gasteiger partial charge in [0.05, 0.1) is 5.69 Å². The second-order valence-corrected chi connectivity index (χ2v) is 8.35. The molecule has 0 spiro atoms. The SMILES string of the molecule is Cc1ccc(-c2nc(C(=O)OCC(=O)c3ccc(Cl)cc3)nn2-c2cc(Cl)ccc2C)cc1. The van der Waals surface area contributed by atoms with Crippen molar-refractivity contribution in [1.29, 1.82) is 0 Å². The number of ketones is 1. The van der Waals surface area contributed by atoms with Crippen molar-refractivity contribution >= 4 is 35.0 Å². The molecule has 0 radical (unpaired) electrons. The number of esters is 1. The maximum absolute atomic E-state index is 12.7. The molecule has 33 heavy (non-hydrogen) atoms. The van der Waals surface area contributed by atoms with Crippen LogP contribution in [0.25, 0.3) is 17.1 Å². The number of Topliss-reactive ketones (excluding diaryl/α,β-unsaturated/α-hetero) is 1. The van der Waals surface area contributed by atoms with Crippen molar-refractivity contribution in [2.75, 3.05) is 6.61 Å². The van der Waals surface area contributed by atoms with Gasteiger partial charge >= 0.3 is 5.97 Å². The first-order valence-corrected chi connectivity index (χ1v) is 10.8. The predicted molar refractivity (Wildman–Crippen MR) is 127 cm³/mol. The van der Waals surface area contributed by atoms with Gasteiger partial charge in [0.25, 0.3) is 5.82 Å². The summed E-state index contributed by atoms with van der Waals surface area (Å²) in [5, 5.41) is 5.43. The van der Waals surface area contributed by atoms with Crippen molar-refractivity contribution in [3.8, 4) is 17.1 Å². The monoisotopic (exact) mass is 479 g/mol. The Balaban J connectivity index is 1.65. The van der Waals surface area contributed by atoms with Crippen molar-refractivity contribution in [1.82, 2.24) is 14.8 Å². The normalized spacial score (nSPS) is 10.8. The Hall–Kier alpha value is -3.48. The highest BCUT2D eigenvalue weighted by Gasteiger charge is 2.22. The highest BCUT2D eigenvalue weighted by molar-refractivity contribution is 6.31. The van der Waals surface area contributed by atoms with E-state index in [1.54, 1.807) is 41.1 Å². The van der Waals surface area contributed by atoms with Crippen LogP contribution < -0.4 is 0 Å². The van der Waals surface area contributed by atoms with Gasteiger partial charge in [0.15, 0.2) is 18.2 Å². The molecule has 0 aliphatic rings. The van der Waals surface area contributed by atoms with E-state index >= 15 is 0 Å². The second-order valence-electron chi connectivity index (χ2n) is 7.47. The highest BCUT2D eigenvalue weighted by Crippen LogP contribution is 2.26. The number of benzene rings is 3. The molecule has 0 aliphatic heterocycles. The van der Waals surface area contributed by atoms with Crippen LogP contribution in [0.3, 0.4) is 0 Å². The molecule has 0 N–H and O–H groups in total. The summed E-state index contributed by atoms with van der Waals surface area (Å²) in [6.45, 7) is 3.45.